The molecule has 0 amide bonds. The van der Waals surface area contributed by atoms with Crippen LogP contribution in [0.4, 0.5) is 52.7 Å². The van der Waals surface area contributed by atoms with Crippen LogP contribution in [0.5, 0.6) is 17.2 Å². The van der Waals surface area contributed by atoms with E-state index in [1.54, 1.807) is 0 Å². The Morgan fingerprint density at radius 3 is 1.34 bits per heavy atom. The van der Waals surface area contributed by atoms with Crippen LogP contribution in [0.2, 0.25) is 0 Å². The zero-order valence-electron chi connectivity index (χ0n) is 33.3. The predicted octanol–water partition coefficient (Wildman–Crippen LogP) is 7.66. The second-order valence-corrected chi connectivity index (χ2v) is 13.6. The molecule has 0 fully saturated rings. The number of rotatable bonds is 9. The standard InChI is InChI=1S/C46H20F12N4O3.3Ar/c1-4-15-63-44-38(53)32(47)29(33(48)39(44)54)26-20-9-7-18(59-20)19-8-10-21(60-19)27(30-34(49)40(55)45(64-16-5-2)41(56)35(30)50)23-12-14-25(62-23)28(24-13-11-22(26)61-24)31-36(51)42(57)46(65-17-6-3)43(58)37(31)52;;;/h1-3,7-14,20,60,62H,15-17H2;;;/b26-22+,27-23+,28-25+;;;. The van der Waals surface area contributed by atoms with Crippen molar-refractivity contribution in [2.24, 2.45) is 9.98 Å². The molecule has 8 rings (SSSR count). The van der Waals surface area contributed by atoms with Crippen molar-refractivity contribution in [1.29, 1.82) is 0 Å². The smallest absolute Gasteiger partial charge is 0.204 e. The molecule has 0 saturated carbocycles. The van der Waals surface area contributed by atoms with Crippen molar-refractivity contribution < 1.29 is 180 Å². The van der Waals surface area contributed by atoms with Gasteiger partial charge in [-0.2, -0.15) is 26.3 Å². The quantitative estimate of drug-likeness (QED) is 0.0905. The Kier molecular flexibility index (Phi) is 17.7. The fourth-order valence-corrected chi connectivity index (χ4v) is 7.24. The molecule has 5 aromatic rings. The molecule has 3 aliphatic rings. The van der Waals surface area contributed by atoms with E-state index in [0.29, 0.717) is 0 Å². The van der Waals surface area contributed by atoms with Gasteiger partial charge in [0.15, 0.2) is 52.2 Å². The van der Waals surface area contributed by atoms with E-state index in [-0.39, 0.29) is 130 Å². The molecule has 68 heavy (non-hydrogen) atoms. The molecule has 0 aliphatic carbocycles. The topological polar surface area (TPSA) is 84.0 Å². The summed E-state index contributed by atoms with van der Waals surface area (Å²) in [5.41, 5.74) is -8.40. The van der Waals surface area contributed by atoms with Crippen LogP contribution in [-0.2, 0) is 0 Å². The number of hydrogen-bond donors (Lipinski definition) is 2. The number of ether oxygens (including phenoxy) is 3. The van der Waals surface area contributed by atoms with E-state index in [2.05, 4.69) is 20.0 Å². The van der Waals surface area contributed by atoms with Gasteiger partial charge >= 0.3 is 0 Å². The van der Waals surface area contributed by atoms with Crippen molar-refractivity contribution in [3.05, 3.63) is 163 Å². The van der Waals surface area contributed by atoms with Crippen molar-refractivity contribution in [2.45, 2.75) is 6.04 Å². The normalized spacial score (nSPS) is 17.0. The molecule has 0 saturated heterocycles. The van der Waals surface area contributed by atoms with Crippen LogP contribution in [0.25, 0.3) is 16.7 Å². The first-order valence-electron chi connectivity index (χ1n) is 18.3. The Morgan fingerprint density at radius 1 is 0.471 bits per heavy atom. The van der Waals surface area contributed by atoms with Gasteiger partial charge in [-0.05, 0) is 42.5 Å². The zero-order chi connectivity index (χ0) is 46.6. The van der Waals surface area contributed by atoms with E-state index in [1.165, 1.54) is 18.2 Å². The second kappa shape index (κ2) is 22.1. The molecule has 3 aliphatic heterocycles. The molecular formula is C46H20Ar3F12N4O3. The molecule has 2 aromatic heterocycles. The summed E-state index contributed by atoms with van der Waals surface area (Å²) in [5.74, 6) is -23.7. The Balaban J connectivity index is 0.00000288. The number of halogens is 12. The molecule has 350 valence electrons. The van der Waals surface area contributed by atoms with Crippen LogP contribution in [0.1, 0.15) is 28.1 Å². The van der Waals surface area contributed by atoms with Crippen molar-refractivity contribution in [3.63, 3.8) is 0 Å². The minimum absolute atomic E-state index is 0. The number of aromatic nitrogens is 2. The average Bonchev–Trinajstić information content (AvgIpc) is 4.15. The van der Waals surface area contributed by atoms with Gasteiger partial charge in [0.05, 0.1) is 45.5 Å². The Bertz CT molecular complexity index is 3290. The van der Waals surface area contributed by atoms with Gasteiger partial charge in [0.2, 0.25) is 34.9 Å². The number of nitrogens with zero attached hydrogens (tertiary/aromatic N) is 2. The van der Waals surface area contributed by atoms with Gasteiger partial charge in [0.1, 0.15) is 19.8 Å². The van der Waals surface area contributed by atoms with Crippen LogP contribution < -0.4 is 24.9 Å². The van der Waals surface area contributed by atoms with E-state index in [1.807, 2.05) is 17.8 Å². The minimum atomic E-state index is -2.13. The maximum Gasteiger partial charge on any atom is 0.204 e. The summed E-state index contributed by atoms with van der Waals surface area (Å²) in [5, 5.41) is -1.06. The summed E-state index contributed by atoms with van der Waals surface area (Å²) in [6.07, 6.45) is 19.5. The number of allylic oxidation sites excluding steroid dienone is 3. The molecule has 0 radical (unpaired) electrons. The van der Waals surface area contributed by atoms with E-state index >= 15 is 52.7 Å². The SMILES string of the molecule is C#CCOc1c(F)c(F)c(/C2=C3\C=CC(=N3)/C(c3c(F)c(F)c(OCC#C)c(F)c3F)=c3/cc/c([nH]3)=C(\c3c(F)c(F)c(OCC#C)c(F)c3F)c3ccc([nH]3)C3=NC2C=C3)c(F)c1F.[Ar].[Ar].[Ar]. The number of nitrogens with one attached hydrogen (secondary N) is 2. The van der Waals surface area contributed by atoms with Gasteiger partial charge in [0.25, 0.3) is 0 Å². The second-order valence-electron chi connectivity index (χ2n) is 13.6. The summed E-state index contributed by atoms with van der Waals surface area (Å²) in [4.78, 5) is 14.0. The molecule has 7 nitrogen and oxygen atoms in total. The monoisotopic (exact) mass is 1020 g/mol. The first-order chi connectivity index (χ1) is 31.1. The molecule has 5 heterocycles. The maximum absolute atomic E-state index is 16.3. The summed E-state index contributed by atoms with van der Waals surface area (Å²) < 4.78 is 205. The summed E-state index contributed by atoms with van der Waals surface area (Å²) in [6, 6.07) is 2.72. The molecule has 3 aromatic carbocycles. The van der Waals surface area contributed by atoms with Crippen molar-refractivity contribution in [3.8, 4) is 54.3 Å². The fraction of sp³-hybridized carbons (Fsp3) is 0.0870. The largest absolute Gasteiger partial charge is 0.475 e. The molecule has 0 spiro atoms. The van der Waals surface area contributed by atoms with E-state index in [0.717, 1.165) is 30.4 Å². The number of terminal acetylenes is 3. The van der Waals surface area contributed by atoms with Gasteiger partial charge in [-0.15, -0.1) is 19.3 Å². The number of hydrogen-bond acceptors (Lipinski definition) is 5. The van der Waals surface area contributed by atoms with E-state index in [4.69, 9.17) is 33.5 Å². The number of aromatic amines is 2. The summed E-state index contributed by atoms with van der Waals surface area (Å²) in [7, 11) is 0. The van der Waals surface area contributed by atoms with Crippen LogP contribution in [0, 0.1) is 220 Å². The fourth-order valence-electron chi connectivity index (χ4n) is 7.24. The van der Waals surface area contributed by atoms with Gasteiger partial charge in [0, 0.05) is 146 Å². The zero-order valence-corrected chi connectivity index (χ0v) is 35.4. The van der Waals surface area contributed by atoms with E-state index in [9.17, 15) is 0 Å². The molecule has 22 heteroatoms. The first-order valence-corrected chi connectivity index (χ1v) is 18.3. The molecule has 1 atom stereocenters. The Hall–Kier alpha value is -4.46. The van der Waals surface area contributed by atoms with Crippen molar-refractivity contribution >= 4 is 28.1 Å². The van der Waals surface area contributed by atoms with E-state index < -0.39 is 168 Å². The molecular weight excluding hydrogens is 1000 g/mol. The van der Waals surface area contributed by atoms with Crippen LogP contribution >= 0.6 is 0 Å². The van der Waals surface area contributed by atoms with Crippen molar-refractivity contribution in [1.82, 2.24) is 9.97 Å². The summed E-state index contributed by atoms with van der Waals surface area (Å²) >= 11 is 0. The number of aliphatic imine (C=N–C) groups is 2. The molecule has 8 bridgehead atoms. The third-order valence-electron chi connectivity index (χ3n) is 9.98. The first kappa shape index (κ1) is 54.5. The van der Waals surface area contributed by atoms with Gasteiger partial charge in [-0.3, -0.25) is 4.99 Å². The third kappa shape index (κ3) is 9.32. The average molecular weight is 1020 g/mol. The van der Waals surface area contributed by atoms with Crippen LogP contribution in [0.15, 0.2) is 64.3 Å². The molecule has 2 N–H and O–H groups in total. The third-order valence-corrected chi connectivity index (χ3v) is 9.98. The molecule has 1 unspecified atom stereocenters. The Labute approximate surface area is 465 Å². The van der Waals surface area contributed by atoms with Gasteiger partial charge < -0.3 is 24.2 Å². The van der Waals surface area contributed by atoms with Gasteiger partial charge in [-0.1, -0.05) is 23.8 Å². The Morgan fingerprint density at radius 2 is 0.882 bits per heavy atom. The van der Waals surface area contributed by atoms with Crippen LogP contribution in [0.3, 0.4) is 0 Å². The maximum atomic E-state index is 16.3. The number of H-pyrrole nitrogens is 2. The van der Waals surface area contributed by atoms with Crippen molar-refractivity contribution in [2.75, 3.05) is 19.8 Å². The summed E-state index contributed by atoms with van der Waals surface area (Å²) in [6.45, 7) is -2.48. The minimum Gasteiger partial charge on any atom is -0.475 e. The predicted molar refractivity (Wildman–Crippen MR) is 210 cm³/mol. The number of benzene rings is 3. The van der Waals surface area contributed by atoms with Crippen LogP contribution in [-0.4, -0.2) is 47.3 Å². The van der Waals surface area contributed by atoms with Gasteiger partial charge in [-0.25, -0.2) is 31.3 Å². The number of fused-ring (bicyclic) bond motifs is 7.